The van der Waals surface area contributed by atoms with Gasteiger partial charge in [0.1, 0.15) is 0 Å². The molecule has 4 nitrogen and oxygen atoms in total. The van der Waals surface area contributed by atoms with Gasteiger partial charge in [-0.15, -0.1) is 11.8 Å². The Hall–Kier alpha value is -1.46. The molecule has 1 aliphatic carbocycles. The van der Waals surface area contributed by atoms with Crippen molar-refractivity contribution in [1.29, 1.82) is 0 Å². The highest BCUT2D eigenvalue weighted by Gasteiger charge is 2.25. The van der Waals surface area contributed by atoms with Gasteiger partial charge in [0.25, 0.3) is 0 Å². The number of rotatable bonds is 5. The number of benzene rings is 1. The molecular weight excluding hydrogens is 298 g/mol. The van der Waals surface area contributed by atoms with Gasteiger partial charge in [0, 0.05) is 16.0 Å². The van der Waals surface area contributed by atoms with Crippen molar-refractivity contribution in [3.05, 3.63) is 41.4 Å². The molecule has 0 fully saturated rings. The SMILES string of the molecule is O=C(CSc1ccc(Cl)cc1)NC1C=CC(C(=O)O)C1. The standard InChI is InChI=1S/C14H14ClNO3S/c15-10-2-5-12(6-3-10)20-8-13(17)16-11-4-1-9(7-11)14(18)19/h1-6,9,11H,7-8H2,(H,16,17)(H,18,19). The zero-order valence-electron chi connectivity index (χ0n) is 10.6. The van der Waals surface area contributed by atoms with E-state index in [4.69, 9.17) is 16.7 Å². The van der Waals surface area contributed by atoms with E-state index in [1.807, 2.05) is 12.1 Å². The number of hydrogen-bond donors (Lipinski definition) is 2. The third kappa shape index (κ3) is 4.28. The lowest BCUT2D eigenvalue weighted by molar-refractivity contribution is -0.140. The van der Waals surface area contributed by atoms with Crippen LogP contribution in [0.25, 0.3) is 0 Å². The van der Waals surface area contributed by atoms with Crippen molar-refractivity contribution in [3.8, 4) is 0 Å². The van der Waals surface area contributed by atoms with Crippen LogP contribution in [0.4, 0.5) is 0 Å². The summed E-state index contributed by atoms with van der Waals surface area (Å²) >= 11 is 7.20. The topological polar surface area (TPSA) is 66.4 Å². The van der Waals surface area contributed by atoms with Crippen LogP contribution in [0.3, 0.4) is 0 Å². The van der Waals surface area contributed by atoms with Crippen molar-refractivity contribution in [2.24, 2.45) is 5.92 Å². The van der Waals surface area contributed by atoms with E-state index in [-0.39, 0.29) is 11.9 Å². The summed E-state index contributed by atoms with van der Waals surface area (Å²) in [5, 5.41) is 12.3. The molecule has 0 spiro atoms. The number of carboxylic acid groups (broad SMARTS) is 1. The number of thioether (sulfide) groups is 1. The monoisotopic (exact) mass is 311 g/mol. The summed E-state index contributed by atoms with van der Waals surface area (Å²) in [4.78, 5) is 23.5. The van der Waals surface area contributed by atoms with E-state index in [9.17, 15) is 9.59 Å². The minimum absolute atomic E-state index is 0.106. The third-order valence-corrected chi connectivity index (χ3v) is 4.19. The third-order valence-electron chi connectivity index (χ3n) is 2.93. The Bertz CT molecular complexity index is 530. The molecule has 2 N–H and O–H groups in total. The van der Waals surface area contributed by atoms with Gasteiger partial charge in [-0.25, -0.2) is 0 Å². The summed E-state index contributed by atoms with van der Waals surface area (Å²) < 4.78 is 0. The van der Waals surface area contributed by atoms with Crippen LogP contribution in [0, 0.1) is 5.92 Å². The van der Waals surface area contributed by atoms with Gasteiger partial charge in [0.15, 0.2) is 0 Å². The predicted octanol–water partition coefficient (Wildman–Crippen LogP) is 2.58. The molecule has 1 aromatic rings. The number of carbonyl (C=O) groups excluding carboxylic acids is 1. The minimum Gasteiger partial charge on any atom is -0.481 e. The first-order valence-electron chi connectivity index (χ1n) is 6.13. The van der Waals surface area contributed by atoms with Crippen molar-refractivity contribution in [2.45, 2.75) is 17.4 Å². The number of carbonyl (C=O) groups is 2. The molecule has 0 aliphatic heterocycles. The lowest BCUT2D eigenvalue weighted by Gasteiger charge is -2.11. The summed E-state index contributed by atoms with van der Waals surface area (Å²) in [5.41, 5.74) is 0. The average Bonchev–Trinajstić information content (AvgIpc) is 2.87. The van der Waals surface area contributed by atoms with Crippen LogP contribution < -0.4 is 5.32 Å². The molecule has 2 rings (SSSR count). The van der Waals surface area contributed by atoms with E-state index in [1.165, 1.54) is 11.8 Å². The zero-order valence-corrected chi connectivity index (χ0v) is 12.2. The molecule has 0 saturated carbocycles. The quantitative estimate of drug-likeness (QED) is 0.648. The second kappa shape index (κ2) is 6.81. The molecule has 0 heterocycles. The van der Waals surface area contributed by atoms with Crippen molar-refractivity contribution in [3.63, 3.8) is 0 Å². The number of carboxylic acids is 1. The molecule has 1 amide bonds. The van der Waals surface area contributed by atoms with Gasteiger partial charge in [-0.2, -0.15) is 0 Å². The lowest BCUT2D eigenvalue weighted by Crippen LogP contribution is -2.34. The maximum absolute atomic E-state index is 11.8. The molecule has 0 aromatic heterocycles. The predicted molar refractivity (Wildman–Crippen MR) is 79.0 cm³/mol. The Kier molecular flexibility index (Phi) is 5.09. The number of amides is 1. The first-order chi connectivity index (χ1) is 9.54. The number of nitrogens with one attached hydrogen (secondary N) is 1. The zero-order chi connectivity index (χ0) is 14.5. The van der Waals surface area contributed by atoms with Crippen molar-refractivity contribution in [2.75, 3.05) is 5.75 Å². The van der Waals surface area contributed by atoms with E-state index >= 15 is 0 Å². The largest absolute Gasteiger partial charge is 0.481 e. The molecular formula is C14H14ClNO3S. The maximum atomic E-state index is 11.8. The fourth-order valence-electron chi connectivity index (χ4n) is 1.92. The van der Waals surface area contributed by atoms with Crippen LogP contribution in [0.15, 0.2) is 41.3 Å². The Morgan fingerprint density at radius 3 is 2.60 bits per heavy atom. The van der Waals surface area contributed by atoms with Gasteiger partial charge in [-0.3, -0.25) is 9.59 Å². The summed E-state index contributed by atoms with van der Waals surface area (Å²) in [6.07, 6.45) is 3.79. The highest BCUT2D eigenvalue weighted by Crippen LogP contribution is 2.21. The first kappa shape index (κ1) is 14.9. The fourth-order valence-corrected chi connectivity index (χ4v) is 2.75. The van der Waals surface area contributed by atoms with Crippen LogP contribution in [-0.2, 0) is 9.59 Å². The summed E-state index contributed by atoms with van der Waals surface area (Å²) in [5.74, 6) is -1.16. The Balaban J connectivity index is 1.75. The first-order valence-corrected chi connectivity index (χ1v) is 7.50. The minimum atomic E-state index is -0.853. The molecule has 0 radical (unpaired) electrons. The highest BCUT2D eigenvalue weighted by atomic mass is 35.5. The summed E-state index contributed by atoms with van der Waals surface area (Å²) in [6.45, 7) is 0. The van der Waals surface area contributed by atoms with Crippen molar-refractivity contribution < 1.29 is 14.7 Å². The molecule has 6 heteroatoms. The molecule has 20 heavy (non-hydrogen) atoms. The second-order valence-electron chi connectivity index (χ2n) is 4.48. The summed E-state index contributed by atoms with van der Waals surface area (Å²) in [6, 6.07) is 7.08. The van der Waals surface area contributed by atoms with Gasteiger partial charge in [0.2, 0.25) is 5.91 Å². The van der Waals surface area contributed by atoms with Gasteiger partial charge in [-0.1, -0.05) is 23.8 Å². The van der Waals surface area contributed by atoms with Crippen molar-refractivity contribution in [1.82, 2.24) is 5.32 Å². The Morgan fingerprint density at radius 2 is 2.00 bits per heavy atom. The normalized spacial score (nSPS) is 20.9. The molecule has 2 atom stereocenters. The number of aliphatic carboxylic acids is 1. The van der Waals surface area contributed by atoms with Gasteiger partial charge in [-0.05, 0) is 30.7 Å². The van der Waals surface area contributed by atoms with E-state index in [1.54, 1.807) is 24.3 Å². The maximum Gasteiger partial charge on any atom is 0.310 e. The van der Waals surface area contributed by atoms with Crippen LogP contribution in [-0.4, -0.2) is 28.8 Å². The van der Waals surface area contributed by atoms with Crippen LogP contribution in [0.2, 0.25) is 5.02 Å². The Morgan fingerprint density at radius 1 is 1.30 bits per heavy atom. The Labute approximate surface area is 126 Å². The molecule has 0 bridgehead atoms. The number of halogens is 1. The summed E-state index contributed by atoms with van der Waals surface area (Å²) in [7, 11) is 0. The van der Waals surface area contributed by atoms with Gasteiger partial charge < -0.3 is 10.4 Å². The van der Waals surface area contributed by atoms with Crippen LogP contribution in [0.1, 0.15) is 6.42 Å². The second-order valence-corrected chi connectivity index (χ2v) is 5.97. The van der Waals surface area contributed by atoms with E-state index in [2.05, 4.69) is 5.32 Å². The highest BCUT2D eigenvalue weighted by molar-refractivity contribution is 8.00. The van der Waals surface area contributed by atoms with Gasteiger partial charge in [0.05, 0.1) is 11.7 Å². The lowest BCUT2D eigenvalue weighted by atomic mass is 10.1. The smallest absolute Gasteiger partial charge is 0.310 e. The molecule has 1 aromatic carbocycles. The van der Waals surface area contributed by atoms with E-state index in [0.29, 0.717) is 17.2 Å². The van der Waals surface area contributed by atoms with Crippen molar-refractivity contribution >= 4 is 35.2 Å². The molecule has 106 valence electrons. The van der Waals surface area contributed by atoms with Gasteiger partial charge >= 0.3 is 5.97 Å². The fraction of sp³-hybridized carbons (Fsp3) is 0.286. The van der Waals surface area contributed by atoms with Crippen LogP contribution in [0.5, 0.6) is 0 Å². The molecule has 1 aliphatic rings. The molecule has 2 unspecified atom stereocenters. The van der Waals surface area contributed by atoms with E-state index < -0.39 is 11.9 Å². The van der Waals surface area contributed by atoms with E-state index in [0.717, 1.165) is 4.90 Å². The number of hydrogen-bond acceptors (Lipinski definition) is 3. The molecule has 0 saturated heterocycles. The van der Waals surface area contributed by atoms with Crippen LogP contribution >= 0.6 is 23.4 Å². The average molecular weight is 312 g/mol.